The smallest absolute Gasteiger partial charge is 0.335 e. The summed E-state index contributed by atoms with van der Waals surface area (Å²) in [5.74, 6) is 0.0243. The van der Waals surface area contributed by atoms with Crippen LogP contribution in [0.5, 0.6) is 0 Å². The highest BCUT2D eigenvalue weighted by Crippen LogP contribution is 2.19. The van der Waals surface area contributed by atoms with Gasteiger partial charge in [-0.05, 0) is 32.0 Å². The van der Waals surface area contributed by atoms with Crippen molar-refractivity contribution in [2.75, 3.05) is 6.61 Å². The molecule has 5 nitrogen and oxygen atoms in total. The van der Waals surface area contributed by atoms with Crippen LogP contribution in [0.2, 0.25) is 0 Å². The Morgan fingerprint density at radius 1 is 1.45 bits per heavy atom. The molecule has 1 unspecified atom stereocenters. The number of fused-ring (bicyclic) bond motifs is 1. The quantitative estimate of drug-likeness (QED) is 0.881. The fourth-order valence-corrected chi connectivity index (χ4v) is 2.38. The number of imidazole rings is 1. The molecule has 0 aliphatic carbocycles. The van der Waals surface area contributed by atoms with Crippen LogP contribution in [-0.2, 0) is 17.7 Å². The van der Waals surface area contributed by atoms with Crippen molar-refractivity contribution >= 4 is 17.0 Å². The lowest BCUT2D eigenvalue weighted by atomic mass is 10.2. The summed E-state index contributed by atoms with van der Waals surface area (Å²) in [6.07, 6.45) is 0.900. The highest BCUT2D eigenvalue weighted by atomic mass is 16.5. The molecular weight excluding hydrogens is 256 g/mol. The van der Waals surface area contributed by atoms with Gasteiger partial charge in [-0.2, -0.15) is 0 Å². The van der Waals surface area contributed by atoms with Crippen molar-refractivity contribution in [1.29, 1.82) is 0 Å². The van der Waals surface area contributed by atoms with Crippen molar-refractivity contribution in [3.05, 3.63) is 29.6 Å². The number of aromatic carboxylic acids is 1. The standard InChI is InChI=1S/C15H20N2O3/c1-4-14-16-12-8-11(15(18)19)6-7-13(12)17(14)9-10(3)20-5-2/h6-8,10H,4-5,9H2,1-3H3,(H,18,19). The maximum Gasteiger partial charge on any atom is 0.335 e. The van der Waals surface area contributed by atoms with Crippen LogP contribution >= 0.6 is 0 Å². The summed E-state index contributed by atoms with van der Waals surface area (Å²) in [6, 6.07) is 5.07. The molecule has 0 saturated heterocycles. The molecule has 0 fully saturated rings. The molecule has 108 valence electrons. The Balaban J connectivity index is 2.44. The molecule has 2 rings (SSSR count). The van der Waals surface area contributed by atoms with Crippen LogP contribution < -0.4 is 0 Å². The molecule has 1 N–H and O–H groups in total. The average Bonchev–Trinajstić information content (AvgIpc) is 2.76. The lowest BCUT2D eigenvalue weighted by molar-refractivity contribution is 0.0642. The normalized spacial score (nSPS) is 12.8. The molecule has 1 aromatic heterocycles. The summed E-state index contributed by atoms with van der Waals surface area (Å²) in [7, 11) is 0. The van der Waals surface area contributed by atoms with E-state index < -0.39 is 5.97 Å². The van der Waals surface area contributed by atoms with Gasteiger partial charge in [0.05, 0.1) is 29.2 Å². The Morgan fingerprint density at radius 2 is 2.20 bits per heavy atom. The van der Waals surface area contributed by atoms with Crippen LogP contribution in [0.25, 0.3) is 11.0 Å². The van der Waals surface area contributed by atoms with Crippen LogP contribution in [0.15, 0.2) is 18.2 Å². The Kier molecular flexibility index (Phi) is 4.39. The van der Waals surface area contributed by atoms with Crippen molar-refractivity contribution in [1.82, 2.24) is 9.55 Å². The number of carboxylic acid groups (broad SMARTS) is 1. The number of rotatable bonds is 6. The fourth-order valence-electron chi connectivity index (χ4n) is 2.38. The lowest BCUT2D eigenvalue weighted by Crippen LogP contribution is -2.18. The Hall–Kier alpha value is -1.88. The number of ether oxygens (including phenoxy) is 1. The topological polar surface area (TPSA) is 64.4 Å². The van der Waals surface area contributed by atoms with Crippen molar-refractivity contribution in [2.45, 2.75) is 39.8 Å². The van der Waals surface area contributed by atoms with Crippen molar-refractivity contribution < 1.29 is 14.6 Å². The largest absolute Gasteiger partial charge is 0.478 e. The van der Waals surface area contributed by atoms with E-state index in [1.807, 2.05) is 26.8 Å². The maximum atomic E-state index is 11.0. The average molecular weight is 276 g/mol. The second-order valence-electron chi connectivity index (χ2n) is 4.77. The van der Waals surface area contributed by atoms with Crippen LogP contribution in [0.1, 0.15) is 37.0 Å². The monoisotopic (exact) mass is 276 g/mol. The minimum atomic E-state index is -0.929. The van der Waals surface area contributed by atoms with Crippen LogP contribution in [-0.4, -0.2) is 33.3 Å². The fraction of sp³-hybridized carbons (Fsp3) is 0.467. The van der Waals surface area contributed by atoms with Gasteiger partial charge in [0.1, 0.15) is 5.82 Å². The molecule has 1 aromatic carbocycles. The minimum Gasteiger partial charge on any atom is -0.478 e. The molecule has 0 spiro atoms. The lowest BCUT2D eigenvalue weighted by Gasteiger charge is -2.15. The highest BCUT2D eigenvalue weighted by Gasteiger charge is 2.14. The highest BCUT2D eigenvalue weighted by molar-refractivity contribution is 5.92. The predicted octanol–water partition coefficient (Wildman–Crippen LogP) is 2.72. The van der Waals surface area contributed by atoms with Crippen LogP contribution in [0.4, 0.5) is 0 Å². The third kappa shape index (κ3) is 2.82. The van der Waals surface area contributed by atoms with Crippen LogP contribution in [0.3, 0.4) is 0 Å². The van der Waals surface area contributed by atoms with Crippen molar-refractivity contribution in [3.63, 3.8) is 0 Å². The van der Waals surface area contributed by atoms with Crippen LogP contribution in [0, 0.1) is 0 Å². The molecule has 0 aliphatic rings. The van der Waals surface area contributed by atoms with E-state index in [-0.39, 0.29) is 11.7 Å². The molecule has 0 saturated carbocycles. The first-order chi connectivity index (χ1) is 9.56. The number of benzene rings is 1. The first-order valence-corrected chi connectivity index (χ1v) is 6.90. The first-order valence-electron chi connectivity index (χ1n) is 6.90. The third-order valence-corrected chi connectivity index (χ3v) is 3.28. The van der Waals surface area contributed by atoms with Gasteiger partial charge in [0.25, 0.3) is 0 Å². The summed E-state index contributed by atoms with van der Waals surface area (Å²) in [5, 5.41) is 9.04. The third-order valence-electron chi connectivity index (χ3n) is 3.28. The van der Waals surface area contributed by atoms with Gasteiger partial charge in [0.2, 0.25) is 0 Å². The molecule has 20 heavy (non-hydrogen) atoms. The van der Waals surface area contributed by atoms with Gasteiger partial charge in [-0.3, -0.25) is 0 Å². The van der Waals surface area contributed by atoms with E-state index in [4.69, 9.17) is 9.84 Å². The number of hydrogen-bond donors (Lipinski definition) is 1. The number of nitrogens with zero attached hydrogens (tertiary/aromatic N) is 2. The van der Waals surface area contributed by atoms with E-state index in [2.05, 4.69) is 9.55 Å². The predicted molar refractivity (Wildman–Crippen MR) is 77.2 cm³/mol. The molecule has 5 heteroatoms. The first kappa shape index (κ1) is 14.5. The zero-order valence-corrected chi connectivity index (χ0v) is 12.1. The van der Waals surface area contributed by atoms with Gasteiger partial charge in [0.15, 0.2) is 0 Å². The van der Waals surface area contributed by atoms with E-state index in [1.165, 1.54) is 0 Å². The number of aromatic nitrogens is 2. The van der Waals surface area contributed by atoms with E-state index >= 15 is 0 Å². The summed E-state index contributed by atoms with van der Waals surface area (Å²) in [6.45, 7) is 7.45. The molecule has 0 amide bonds. The zero-order chi connectivity index (χ0) is 14.7. The van der Waals surface area contributed by atoms with Gasteiger partial charge in [-0.25, -0.2) is 9.78 Å². The molecule has 0 aliphatic heterocycles. The minimum absolute atomic E-state index is 0.0989. The van der Waals surface area contributed by atoms with Crippen molar-refractivity contribution in [2.24, 2.45) is 0 Å². The van der Waals surface area contributed by atoms with Gasteiger partial charge in [-0.15, -0.1) is 0 Å². The van der Waals surface area contributed by atoms with Gasteiger partial charge in [-0.1, -0.05) is 6.92 Å². The summed E-state index contributed by atoms with van der Waals surface area (Å²) in [5.41, 5.74) is 1.95. The van der Waals surface area contributed by atoms with Gasteiger partial charge >= 0.3 is 5.97 Å². The summed E-state index contributed by atoms with van der Waals surface area (Å²) < 4.78 is 7.70. The second-order valence-corrected chi connectivity index (χ2v) is 4.77. The summed E-state index contributed by atoms with van der Waals surface area (Å²) in [4.78, 5) is 15.5. The second kappa shape index (κ2) is 6.05. The number of carbonyl (C=O) groups is 1. The molecule has 1 heterocycles. The Morgan fingerprint density at radius 3 is 2.80 bits per heavy atom. The number of carboxylic acids is 1. The Labute approximate surface area is 118 Å². The molecule has 2 aromatic rings. The number of hydrogen-bond acceptors (Lipinski definition) is 3. The molecule has 0 bridgehead atoms. The van der Waals surface area contributed by atoms with E-state index in [0.717, 1.165) is 29.8 Å². The molecule has 0 radical (unpaired) electrons. The van der Waals surface area contributed by atoms with E-state index in [9.17, 15) is 4.79 Å². The molecule has 1 atom stereocenters. The van der Waals surface area contributed by atoms with Gasteiger partial charge in [0, 0.05) is 13.0 Å². The Bertz CT molecular complexity index is 619. The summed E-state index contributed by atoms with van der Waals surface area (Å²) >= 11 is 0. The van der Waals surface area contributed by atoms with Crippen molar-refractivity contribution in [3.8, 4) is 0 Å². The van der Waals surface area contributed by atoms with E-state index in [1.54, 1.807) is 12.1 Å². The van der Waals surface area contributed by atoms with E-state index in [0.29, 0.717) is 6.61 Å². The zero-order valence-electron chi connectivity index (χ0n) is 12.1. The number of aryl methyl sites for hydroxylation is 1. The van der Waals surface area contributed by atoms with Gasteiger partial charge < -0.3 is 14.4 Å². The maximum absolute atomic E-state index is 11.0. The molecular formula is C15H20N2O3. The SMILES string of the molecule is CCOC(C)Cn1c(CC)nc2cc(C(=O)O)ccc21.